The molecule has 21 heavy (non-hydrogen) atoms. The highest BCUT2D eigenvalue weighted by atomic mass is 19.1. The topological polar surface area (TPSA) is 50.9 Å². The maximum Gasteiger partial charge on any atom is 0.123 e. The lowest BCUT2D eigenvalue weighted by Gasteiger charge is -2.10. The first kappa shape index (κ1) is 13.4. The Hall–Kier alpha value is -2.62. The minimum atomic E-state index is -0.208. The molecule has 0 atom stereocenters. The number of nitrogens with one attached hydrogen (secondary N) is 1. The van der Waals surface area contributed by atoms with E-state index in [1.807, 2.05) is 24.3 Å². The van der Waals surface area contributed by atoms with E-state index < -0.39 is 0 Å². The second-order valence-corrected chi connectivity index (χ2v) is 4.91. The molecule has 0 fully saturated rings. The SMILES string of the molecule is Nc1ccc(NCCc2ccc(F)cc2)c2ncccc12. The molecule has 3 rings (SSSR count). The zero-order valence-corrected chi connectivity index (χ0v) is 11.5. The molecule has 1 heterocycles. The van der Waals surface area contributed by atoms with E-state index in [1.165, 1.54) is 12.1 Å². The van der Waals surface area contributed by atoms with Crippen molar-refractivity contribution in [2.75, 3.05) is 17.6 Å². The number of fused-ring (bicyclic) bond motifs is 1. The van der Waals surface area contributed by atoms with Crippen molar-refractivity contribution in [1.82, 2.24) is 4.98 Å². The predicted molar refractivity (Wildman–Crippen MR) is 84.7 cm³/mol. The third-order valence-corrected chi connectivity index (χ3v) is 3.45. The Kier molecular flexibility index (Phi) is 3.69. The van der Waals surface area contributed by atoms with Crippen LogP contribution in [0.5, 0.6) is 0 Å². The number of benzene rings is 2. The van der Waals surface area contributed by atoms with Crippen molar-refractivity contribution < 1.29 is 4.39 Å². The first-order chi connectivity index (χ1) is 10.2. The largest absolute Gasteiger partial charge is 0.398 e. The fourth-order valence-electron chi connectivity index (χ4n) is 2.33. The molecular weight excluding hydrogens is 265 g/mol. The van der Waals surface area contributed by atoms with Crippen LogP contribution in [0.25, 0.3) is 10.9 Å². The summed E-state index contributed by atoms with van der Waals surface area (Å²) in [6.45, 7) is 0.751. The summed E-state index contributed by atoms with van der Waals surface area (Å²) in [5, 5.41) is 4.31. The molecule has 0 aliphatic rings. The average Bonchev–Trinajstić information content (AvgIpc) is 2.52. The number of rotatable bonds is 4. The first-order valence-electron chi connectivity index (χ1n) is 6.85. The summed E-state index contributed by atoms with van der Waals surface area (Å²) < 4.78 is 12.9. The second-order valence-electron chi connectivity index (χ2n) is 4.91. The molecule has 0 unspecified atom stereocenters. The number of hydrogen-bond donors (Lipinski definition) is 2. The number of hydrogen-bond acceptors (Lipinski definition) is 3. The molecule has 1 aromatic heterocycles. The van der Waals surface area contributed by atoms with E-state index in [-0.39, 0.29) is 5.82 Å². The van der Waals surface area contributed by atoms with Crippen LogP contribution in [0, 0.1) is 5.82 Å². The number of nitrogens with two attached hydrogens (primary N) is 1. The summed E-state index contributed by atoms with van der Waals surface area (Å²) in [5.74, 6) is -0.208. The summed E-state index contributed by atoms with van der Waals surface area (Å²) in [5.41, 5.74) is 9.61. The maximum atomic E-state index is 12.9. The van der Waals surface area contributed by atoms with Gasteiger partial charge in [-0.25, -0.2) is 4.39 Å². The molecule has 3 nitrogen and oxygen atoms in total. The number of aromatic nitrogens is 1. The lowest BCUT2D eigenvalue weighted by atomic mass is 10.1. The standard InChI is InChI=1S/C17H16FN3/c18-13-5-3-12(4-6-13)9-11-20-16-8-7-15(19)14-2-1-10-21-17(14)16/h1-8,10,20H,9,11,19H2. The summed E-state index contributed by atoms with van der Waals surface area (Å²) in [6, 6.07) is 14.2. The highest BCUT2D eigenvalue weighted by Crippen LogP contribution is 2.26. The second kappa shape index (κ2) is 5.79. The summed E-state index contributed by atoms with van der Waals surface area (Å²) >= 11 is 0. The van der Waals surface area contributed by atoms with Gasteiger partial charge in [0.25, 0.3) is 0 Å². The number of nitrogens with zero attached hydrogens (tertiary/aromatic N) is 1. The van der Waals surface area contributed by atoms with Gasteiger partial charge >= 0.3 is 0 Å². The Labute approximate surface area is 122 Å². The molecule has 4 heteroatoms. The van der Waals surface area contributed by atoms with E-state index in [1.54, 1.807) is 18.3 Å². The van der Waals surface area contributed by atoms with E-state index in [0.717, 1.165) is 40.8 Å². The zero-order valence-electron chi connectivity index (χ0n) is 11.5. The van der Waals surface area contributed by atoms with Gasteiger partial charge in [0.05, 0.1) is 11.2 Å². The van der Waals surface area contributed by atoms with Crippen LogP contribution in [-0.2, 0) is 6.42 Å². The lowest BCUT2D eigenvalue weighted by molar-refractivity contribution is 0.627. The average molecular weight is 281 g/mol. The van der Waals surface area contributed by atoms with Crippen molar-refractivity contribution in [3.8, 4) is 0 Å². The maximum absolute atomic E-state index is 12.9. The van der Waals surface area contributed by atoms with Gasteiger partial charge in [-0.2, -0.15) is 0 Å². The van der Waals surface area contributed by atoms with Gasteiger partial charge in [0, 0.05) is 23.8 Å². The Bertz CT molecular complexity index is 754. The van der Waals surface area contributed by atoms with Crippen LogP contribution in [-0.4, -0.2) is 11.5 Å². The number of halogens is 1. The minimum Gasteiger partial charge on any atom is -0.398 e. The van der Waals surface area contributed by atoms with E-state index >= 15 is 0 Å². The summed E-state index contributed by atoms with van der Waals surface area (Å²) in [7, 11) is 0. The van der Waals surface area contributed by atoms with Gasteiger partial charge in [-0.05, 0) is 48.4 Å². The highest BCUT2D eigenvalue weighted by molar-refractivity contribution is 5.98. The van der Waals surface area contributed by atoms with Gasteiger partial charge in [-0.1, -0.05) is 12.1 Å². The lowest BCUT2D eigenvalue weighted by Crippen LogP contribution is -2.06. The van der Waals surface area contributed by atoms with Gasteiger partial charge in [0.2, 0.25) is 0 Å². The smallest absolute Gasteiger partial charge is 0.123 e. The fourth-order valence-corrected chi connectivity index (χ4v) is 2.33. The van der Waals surface area contributed by atoms with Crippen LogP contribution in [0.4, 0.5) is 15.8 Å². The van der Waals surface area contributed by atoms with Crippen LogP contribution in [0.3, 0.4) is 0 Å². The molecule has 0 aliphatic carbocycles. The van der Waals surface area contributed by atoms with Crippen molar-refractivity contribution in [1.29, 1.82) is 0 Å². The third kappa shape index (κ3) is 2.94. The predicted octanol–water partition coefficient (Wildman–Crippen LogP) is 3.61. The molecule has 3 aromatic rings. The third-order valence-electron chi connectivity index (χ3n) is 3.45. The molecule has 106 valence electrons. The van der Waals surface area contributed by atoms with Gasteiger partial charge in [0.1, 0.15) is 5.82 Å². The van der Waals surface area contributed by atoms with Gasteiger partial charge in [0.15, 0.2) is 0 Å². The van der Waals surface area contributed by atoms with Crippen LogP contribution in [0.1, 0.15) is 5.56 Å². The Balaban J connectivity index is 1.74. The van der Waals surface area contributed by atoms with Crippen LogP contribution >= 0.6 is 0 Å². The molecule has 0 bridgehead atoms. The quantitative estimate of drug-likeness (QED) is 0.718. The monoisotopic (exact) mass is 281 g/mol. The molecule has 0 aliphatic heterocycles. The molecule has 2 aromatic carbocycles. The van der Waals surface area contributed by atoms with Crippen LogP contribution in [0.2, 0.25) is 0 Å². The Morgan fingerprint density at radius 1 is 1.05 bits per heavy atom. The van der Waals surface area contributed by atoms with Crippen molar-refractivity contribution in [2.24, 2.45) is 0 Å². The number of pyridine rings is 1. The highest BCUT2D eigenvalue weighted by Gasteiger charge is 2.04. The molecule has 0 amide bonds. The molecule has 3 N–H and O–H groups in total. The molecule has 0 spiro atoms. The zero-order chi connectivity index (χ0) is 14.7. The van der Waals surface area contributed by atoms with E-state index in [9.17, 15) is 4.39 Å². The summed E-state index contributed by atoms with van der Waals surface area (Å²) in [6.07, 6.45) is 2.58. The van der Waals surface area contributed by atoms with Gasteiger partial charge in [-0.15, -0.1) is 0 Å². The Morgan fingerprint density at radius 3 is 2.67 bits per heavy atom. The van der Waals surface area contributed by atoms with E-state index in [0.29, 0.717) is 0 Å². The number of anilines is 2. The molecule has 0 saturated heterocycles. The molecule has 0 saturated carbocycles. The number of nitrogen functional groups attached to an aromatic ring is 1. The van der Waals surface area contributed by atoms with Crippen molar-refractivity contribution in [2.45, 2.75) is 6.42 Å². The van der Waals surface area contributed by atoms with E-state index in [2.05, 4.69) is 10.3 Å². The molecule has 0 radical (unpaired) electrons. The minimum absolute atomic E-state index is 0.208. The van der Waals surface area contributed by atoms with Crippen molar-refractivity contribution in [3.63, 3.8) is 0 Å². The Morgan fingerprint density at radius 2 is 1.86 bits per heavy atom. The fraction of sp³-hybridized carbons (Fsp3) is 0.118. The molecular formula is C17H16FN3. The first-order valence-corrected chi connectivity index (χ1v) is 6.85. The van der Waals surface area contributed by atoms with Crippen molar-refractivity contribution >= 4 is 22.3 Å². The summed E-state index contributed by atoms with van der Waals surface area (Å²) in [4.78, 5) is 4.39. The van der Waals surface area contributed by atoms with E-state index in [4.69, 9.17) is 5.73 Å². The van der Waals surface area contributed by atoms with Crippen LogP contribution in [0.15, 0.2) is 54.7 Å². The van der Waals surface area contributed by atoms with Crippen molar-refractivity contribution in [3.05, 3.63) is 66.1 Å². The normalized spacial score (nSPS) is 10.7. The van der Waals surface area contributed by atoms with Crippen LogP contribution < -0.4 is 11.1 Å². The van der Waals surface area contributed by atoms with Gasteiger partial charge in [-0.3, -0.25) is 4.98 Å². The van der Waals surface area contributed by atoms with Gasteiger partial charge < -0.3 is 11.1 Å².